The van der Waals surface area contributed by atoms with Crippen molar-refractivity contribution >= 4 is 5.91 Å². The van der Waals surface area contributed by atoms with Crippen LogP contribution in [0.25, 0.3) is 0 Å². The summed E-state index contributed by atoms with van der Waals surface area (Å²) in [6.07, 6.45) is 8.40. The van der Waals surface area contributed by atoms with Crippen molar-refractivity contribution in [1.29, 1.82) is 0 Å². The summed E-state index contributed by atoms with van der Waals surface area (Å²) in [5.41, 5.74) is 1.33. The molecule has 1 aromatic heterocycles. The molecule has 0 aliphatic heterocycles. The normalized spacial score (nSPS) is 14.9. The lowest BCUT2D eigenvalue weighted by molar-refractivity contribution is -0.120. The van der Waals surface area contributed by atoms with Crippen molar-refractivity contribution < 1.29 is 4.79 Å². The van der Waals surface area contributed by atoms with Gasteiger partial charge in [0, 0.05) is 45.0 Å². The summed E-state index contributed by atoms with van der Waals surface area (Å²) in [5.74, 6) is 0.118. The van der Waals surface area contributed by atoms with Crippen LogP contribution < -0.4 is 10.6 Å². The second-order valence-electron chi connectivity index (χ2n) is 4.69. The maximum atomic E-state index is 11.1. The molecule has 2 rings (SSSR count). The van der Waals surface area contributed by atoms with Gasteiger partial charge in [0.25, 0.3) is 0 Å². The number of hydrogen-bond donors (Lipinski definition) is 2. The molecule has 1 fully saturated rings. The lowest BCUT2D eigenvalue weighted by Crippen LogP contribution is -2.17. The molecule has 1 aliphatic carbocycles. The Labute approximate surface area is 102 Å². The van der Waals surface area contributed by atoms with E-state index >= 15 is 0 Å². The second-order valence-corrected chi connectivity index (χ2v) is 4.69. The molecule has 94 valence electrons. The predicted molar refractivity (Wildman–Crippen MR) is 67.6 cm³/mol. The summed E-state index contributed by atoms with van der Waals surface area (Å²) in [7, 11) is 1.68. The minimum Gasteiger partial charge on any atom is -0.359 e. The van der Waals surface area contributed by atoms with Gasteiger partial charge in [-0.1, -0.05) is 0 Å². The quantitative estimate of drug-likeness (QED) is 0.747. The fourth-order valence-electron chi connectivity index (χ4n) is 1.83. The topological polar surface area (TPSA) is 46.1 Å². The average molecular weight is 235 g/mol. The number of aryl methyl sites for hydroxylation is 1. The van der Waals surface area contributed by atoms with Crippen LogP contribution in [0.5, 0.6) is 0 Å². The lowest BCUT2D eigenvalue weighted by Gasteiger charge is -2.02. The predicted octanol–water partition coefficient (Wildman–Crippen LogP) is 1.27. The molecule has 17 heavy (non-hydrogen) atoms. The monoisotopic (exact) mass is 235 g/mol. The molecule has 0 spiro atoms. The van der Waals surface area contributed by atoms with Crippen molar-refractivity contribution in [3.63, 3.8) is 0 Å². The number of amides is 1. The van der Waals surface area contributed by atoms with E-state index in [4.69, 9.17) is 0 Å². The Morgan fingerprint density at radius 2 is 2.35 bits per heavy atom. The molecule has 0 aromatic carbocycles. The van der Waals surface area contributed by atoms with Gasteiger partial charge in [0.05, 0.1) is 0 Å². The highest BCUT2D eigenvalue weighted by molar-refractivity contribution is 5.75. The number of nitrogens with one attached hydrogen (secondary N) is 2. The summed E-state index contributed by atoms with van der Waals surface area (Å²) in [6, 6.07) is 2.90. The zero-order valence-electron chi connectivity index (χ0n) is 10.4. The molecule has 0 bridgehead atoms. The first-order chi connectivity index (χ1) is 8.28. The molecule has 0 saturated heterocycles. The van der Waals surface area contributed by atoms with Crippen LogP contribution in [0, 0.1) is 0 Å². The first kappa shape index (κ1) is 12.2. The number of carbonyl (C=O) groups is 1. The van der Waals surface area contributed by atoms with E-state index in [0.717, 1.165) is 25.6 Å². The van der Waals surface area contributed by atoms with Crippen molar-refractivity contribution in [3.8, 4) is 0 Å². The standard InChI is InChI=1S/C13H21N3O/c1-14-13(17)3-2-7-16-8-6-11(10-16)9-15-12-4-5-12/h6,8,10,12,15H,2-5,7,9H2,1H3,(H,14,17). The Balaban J connectivity index is 1.67. The Morgan fingerprint density at radius 1 is 1.53 bits per heavy atom. The van der Waals surface area contributed by atoms with Crippen LogP contribution >= 0.6 is 0 Å². The molecule has 4 heteroatoms. The van der Waals surface area contributed by atoms with Crippen molar-refractivity contribution in [2.24, 2.45) is 0 Å². The number of nitrogens with zero attached hydrogens (tertiary/aromatic N) is 1. The molecule has 4 nitrogen and oxygen atoms in total. The Bertz CT molecular complexity index is 368. The van der Waals surface area contributed by atoms with Gasteiger partial charge in [0.2, 0.25) is 5.91 Å². The molecule has 1 heterocycles. The first-order valence-electron chi connectivity index (χ1n) is 6.36. The van der Waals surface area contributed by atoms with Crippen LogP contribution in [0.1, 0.15) is 31.2 Å². The summed E-state index contributed by atoms with van der Waals surface area (Å²) in [4.78, 5) is 11.1. The van der Waals surface area contributed by atoms with E-state index in [2.05, 4.69) is 33.7 Å². The van der Waals surface area contributed by atoms with Gasteiger partial charge in [-0.15, -0.1) is 0 Å². The number of hydrogen-bond acceptors (Lipinski definition) is 2. The molecule has 0 atom stereocenters. The highest BCUT2D eigenvalue weighted by atomic mass is 16.1. The van der Waals surface area contributed by atoms with Crippen LogP contribution in [-0.4, -0.2) is 23.6 Å². The maximum Gasteiger partial charge on any atom is 0.219 e. The number of carbonyl (C=O) groups excluding carboxylic acids is 1. The first-order valence-corrected chi connectivity index (χ1v) is 6.36. The largest absolute Gasteiger partial charge is 0.359 e. The molecule has 2 N–H and O–H groups in total. The molecule has 0 unspecified atom stereocenters. The van der Waals surface area contributed by atoms with Crippen LogP contribution in [0.2, 0.25) is 0 Å². The van der Waals surface area contributed by atoms with Crippen LogP contribution in [0.4, 0.5) is 0 Å². The Morgan fingerprint density at radius 3 is 3.06 bits per heavy atom. The van der Waals surface area contributed by atoms with E-state index in [1.54, 1.807) is 7.05 Å². The zero-order chi connectivity index (χ0) is 12.1. The average Bonchev–Trinajstić information content (AvgIpc) is 3.06. The van der Waals surface area contributed by atoms with Gasteiger partial charge >= 0.3 is 0 Å². The third-order valence-electron chi connectivity index (χ3n) is 3.08. The van der Waals surface area contributed by atoms with Crippen LogP contribution in [0.15, 0.2) is 18.5 Å². The molecular formula is C13H21N3O. The molecule has 0 radical (unpaired) electrons. The number of aromatic nitrogens is 1. The third-order valence-corrected chi connectivity index (χ3v) is 3.08. The van der Waals surface area contributed by atoms with Crippen molar-refractivity contribution in [1.82, 2.24) is 15.2 Å². The molecular weight excluding hydrogens is 214 g/mol. The van der Waals surface area contributed by atoms with Gasteiger partial charge in [0.1, 0.15) is 0 Å². The van der Waals surface area contributed by atoms with Crippen LogP contribution in [-0.2, 0) is 17.9 Å². The highest BCUT2D eigenvalue weighted by Crippen LogP contribution is 2.19. The van der Waals surface area contributed by atoms with E-state index in [9.17, 15) is 4.79 Å². The van der Waals surface area contributed by atoms with Crippen molar-refractivity contribution in [2.45, 2.75) is 44.8 Å². The smallest absolute Gasteiger partial charge is 0.219 e. The fraction of sp³-hybridized carbons (Fsp3) is 0.615. The Kier molecular flexibility index (Phi) is 4.20. The number of rotatable bonds is 7. The summed E-state index contributed by atoms with van der Waals surface area (Å²) in [5, 5.41) is 6.13. The molecule has 1 saturated carbocycles. The molecule has 1 aromatic rings. The van der Waals surface area contributed by atoms with Crippen molar-refractivity contribution in [2.75, 3.05) is 7.05 Å². The zero-order valence-corrected chi connectivity index (χ0v) is 10.4. The van der Waals surface area contributed by atoms with Gasteiger partial charge in [-0.25, -0.2) is 0 Å². The van der Waals surface area contributed by atoms with Gasteiger partial charge in [0.15, 0.2) is 0 Å². The lowest BCUT2D eigenvalue weighted by atomic mass is 10.3. The maximum absolute atomic E-state index is 11.1. The molecule has 1 aliphatic rings. The Hall–Kier alpha value is -1.29. The summed E-state index contributed by atoms with van der Waals surface area (Å²) in [6.45, 7) is 1.88. The fourth-order valence-corrected chi connectivity index (χ4v) is 1.83. The minimum atomic E-state index is 0.118. The minimum absolute atomic E-state index is 0.118. The third kappa shape index (κ3) is 4.23. The summed E-state index contributed by atoms with van der Waals surface area (Å²) < 4.78 is 2.16. The van der Waals surface area contributed by atoms with E-state index in [1.807, 2.05) is 0 Å². The summed E-state index contributed by atoms with van der Waals surface area (Å²) >= 11 is 0. The van der Waals surface area contributed by atoms with Gasteiger partial charge in [-0.3, -0.25) is 4.79 Å². The highest BCUT2D eigenvalue weighted by Gasteiger charge is 2.19. The van der Waals surface area contributed by atoms with E-state index in [0.29, 0.717) is 6.42 Å². The van der Waals surface area contributed by atoms with E-state index in [-0.39, 0.29) is 5.91 Å². The van der Waals surface area contributed by atoms with E-state index in [1.165, 1.54) is 18.4 Å². The SMILES string of the molecule is CNC(=O)CCCn1ccc(CNC2CC2)c1. The van der Waals surface area contributed by atoms with Crippen molar-refractivity contribution in [3.05, 3.63) is 24.0 Å². The van der Waals surface area contributed by atoms with Crippen LogP contribution in [0.3, 0.4) is 0 Å². The van der Waals surface area contributed by atoms with Gasteiger partial charge in [-0.2, -0.15) is 0 Å². The van der Waals surface area contributed by atoms with Gasteiger partial charge in [-0.05, 0) is 30.9 Å². The second kappa shape index (κ2) is 5.87. The molecule has 1 amide bonds. The van der Waals surface area contributed by atoms with E-state index < -0.39 is 0 Å². The van der Waals surface area contributed by atoms with Gasteiger partial charge < -0.3 is 15.2 Å².